The molecule has 1 N–H and O–H groups in total. The molecule has 13 heavy (non-hydrogen) atoms. The Balaban J connectivity index is 2.46. The number of anilines is 1. The molecule has 0 atom stereocenters. The number of pyridine rings is 1. The van der Waals surface area contributed by atoms with Gasteiger partial charge in [-0.2, -0.15) is 5.26 Å². The van der Waals surface area contributed by atoms with Crippen LogP contribution in [0.25, 0.3) is 0 Å². The third-order valence-electron chi connectivity index (χ3n) is 1.51. The number of ether oxygens (including phenoxy) is 1. The van der Waals surface area contributed by atoms with Crippen molar-refractivity contribution < 1.29 is 4.74 Å². The minimum absolute atomic E-state index is 0.428. The van der Waals surface area contributed by atoms with Crippen molar-refractivity contribution in [3.63, 3.8) is 0 Å². The molecule has 68 valence electrons. The number of hydrogen-bond acceptors (Lipinski definition) is 4. The van der Waals surface area contributed by atoms with Gasteiger partial charge in [0, 0.05) is 13.7 Å². The molecule has 0 aromatic carbocycles. The lowest BCUT2D eigenvalue weighted by Gasteiger charge is -2.03. The quantitative estimate of drug-likeness (QED) is 0.697. The predicted octanol–water partition coefficient (Wildman–Crippen LogP) is 1.01. The first-order valence-corrected chi connectivity index (χ1v) is 3.96. The maximum Gasteiger partial charge on any atom is 0.140 e. The fraction of sp³-hybridized carbons (Fsp3) is 0.333. The summed E-state index contributed by atoms with van der Waals surface area (Å²) in [6.07, 6.45) is 1.63. The lowest BCUT2D eigenvalue weighted by atomic mass is 10.3. The Hall–Kier alpha value is -1.60. The van der Waals surface area contributed by atoms with E-state index in [1.165, 1.54) is 0 Å². The van der Waals surface area contributed by atoms with Gasteiger partial charge in [-0.05, 0) is 12.1 Å². The number of hydrogen-bond donors (Lipinski definition) is 1. The van der Waals surface area contributed by atoms with Crippen LogP contribution in [0.2, 0.25) is 0 Å². The van der Waals surface area contributed by atoms with Gasteiger partial charge in [-0.25, -0.2) is 4.98 Å². The van der Waals surface area contributed by atoms with Crippen molar-refractivity contribution in [2.45, 2.75) is 0 Å². The topological polar surface area (TPSA) is 57.9 Å². The average molecular weight is 177 g/mol. The highest BCUT2D eigenvalue weighted by Crippen LogP contribution is 2.04. The molecular weight excluding hydrogens is 166 g/mol. The zero-order valence-corrected chi connectivity index (χ0v) is 7.45. The van der Waals surface area contributed by atoms with E-state index in [0.29, 0.717) is 12.3 Å². The van der Waals surface area contributed by atoms with Crippen molar-refractivity contribution in [3.05, 3.63) is 24.0 Å². The number of nitrogens with one attached hydrogen (secondary N) is 1. The van der Waals surface area contributed by atoms with Crippen LogP contribution in [-0.4, -0.2) is 25.2 Å². The van der Waals surface area contributed by atoms with Crippen LogP contribution >= 0.6 is 0 Å². The van der Waals surface area contributed by atoms with Crippen molar-refractivity contribution in [1.82, 2.24) is 4.98 Å². The Morgan fingerprint density at radius 3 is 3.00 bits per heavy atom. The first-order valence-electron chi connectivity index (χ1n) is 3.96. The van der Waals surface area contributed by atoms with E-state index in [9.17, 15) is 0 Å². The largest absolute Gasteiger partial charge is 0.383 e. The average Bonchev–Trinajstić information content (AvgIpc) is 2.19. The molecule has 0 fully saturated rings. The van der Waals surface area contributed by atoms with Crippen molar-refractivity contribution in [3.8, 4) is 6.07 Å². The van der Waals surface area contributed by atoms with Crippen LogP contribution in [0.1, 0.15) is 5.69 Å². The van der Waals surface area contributed by atoms with E-state index in [4.69, 9.17) is 10.00 Å². The number of methoxy groups -OCH3 is 1. The van der Waals surface area contributed by atoms with Gasteiger partial charge in [0.2, 0.25) is 0 Å². The molecule has 0 amide bonds. The van der Waals surface area contributed by atoms with Crippen molar-refractivity contribution in [2.24, 2.45) is 0 Å². The Morgan fingerprint density at radius 1 is 1.62 bits per heavy atom. The molecule has 0 unspecified atom stereocenters. The summed E-state index contributed by atoms with van der Waals surface area (Å²) >= 11 is 0. The van der Waals surface area contributed by atoms with Gasteiger partial charge in [-0.1, -0.05) is 0 Å². The maximum atomic E-state index is 8.49. The van der Waals surface area contributed by atoms with Gasteiger partial charge in [0.25, 0.3) is 0 Å². The van der Waals surface area contributed by atoms with E-state index in [0.717, 1.165) is 12.2 Å². The molecule has 0 spiro atoms. The van der Waals surface area contributed by atoms with Crippen LogP contribution < -0.4 is 5.32 Å². The van der Waals surface area contributed by atoms with Gasteiger partial charge in [0.05, 0.1) is 18.5 Å². The normalized spacial score (nSPS) is 9.23. The van der Waals surface area contributed by atoms with Crippen molar-refractivity contribution >= 4 is 5.69 Å². The first-order chi connectivity index (χ1) is 6.36. The SMILES string of the molecule is COCCNc1ccc(C#N)nc1. The van der Waals surface area contributed by atoms with Gasteiger partial charge >= 0.3 is 0 Å². The molecule has 1 aromatic heterocycles. The highest BCUT2D eigenvalue weighted by atomic mass is 16.5. The van der Waals surface area contributed by atoms with Crippen LogP contribution in [0.4, 0.5) is 5.69 Å². The highest BCUT2D eigenvalue weighted by molar-refractivity contribution is 5.42. The summed E-state index contributed by atoms with van der Waals surface area (Å²) < 4.78 is 4.87. The second-order valence-electron chi connectivity index (χ2n) is 2.46. The fourth-order valence-corrected chi connectivity index (χ4v) is 0.862. The molecule has 0 radical (unpaired) electrons. The third kappa shape index (κ3) is 3.09. The lowest BCUT2D eigenvalue weighted by molar-refractivity contribution is 0.211. The second-order valence-corrected chi connectivity index (χ2v) is 2.46. The lowest BCUT2D eigenvalue weighted by Crippen LogP contribution is -2.07. The second kappa shape index (κ2) is 5.12. The summed E-state index contributed by atoms with van der Waals surface area (Å²) in [4.78, 5) is 3.91. The third-order valence-corrected chi connectivity index (χ3v) is 1.51. The minimum atomic E-state index is 0.428. The predicted molar refractivity (Wildman–Crippen MR) is 49.3 cm³/mol. The molecule has 4 heteroatoms. The Morgan fingerprint density at radius 2 is 2.46 bits per heavy atom. The Kier molecular flexibility index (Phi) is 3.74. The van der Waals surface area contributed by atoms with E-state index in [-0.39, 0.29) is 0 Å². The van der Waals surface area contributed by atoms with Gasteiger partial charge in [0.1, 0.15) is 11.8 Å². The highest BCUT2D eigenvalue weighted by Gasteiger charge is 1.92. The van der Waals surface area contributed by atoms with Crippen LogP contribution in [0.15, 0.2) is 18.3 Å². The number of rotatable bonds is 4. The molecule has 0 bridgehead atoms. The molecule has 0 saturated heterocycles. The molecular formula is C9H11N3O. The number of nitrogens with zero attached hydrogens (tertiary/aromatic N) is 2. The maximum absolute atomic E-state index is 8.49. The van der Waals surface area contributed by atoms with Crippen LogP contribution in [-0.2, 0) is 4.74 Å². The van der Waals surface area contributed by atoms with E-state index < -0.39 is 0 Å². The Bertz CT molecular complexity index is 289. The summed E-state index contributed by atoms with van der Waals surface area (Å²) in [6.45, 7) is 1.39. The standard InChI is InChI=1S/C9H11N3O/c1-13-5-4-11-9-3-2-8(6-10)12-7-9/h2-3,7,11H,4-5H2,1H3. The molecule has 0 saturated carbocycles. The Labute approximate surface area is 77.2 Å². The van der Waals surface area contributed by atoms with Gasteiger partial charge in [-0.3, -0.25) is 0 Å². The van der Waals surface area contributed by atoms with E-state index in [1.54, 1.807) is 19.4 Å². The van der Waals surface area contributed by atoms with Crippen molar-refractivity contribution in [2.75, 3.05) is 25.6 Å². The first kappa shape index (κ1) is 9.49. The minimum Gasteiger partial charge on any atom is -0.383 e. The van der Waals surface area contributed by atoms with Gasteiger partial charge in [0.15, 0.2) is 0 Å². The van der Waals surface area contributed by atoms with Crippen LogP contribution in [0.5, 0.6) is 0 Å². The molecule has 1 heterocycles. The summed E-state index contributed by atoms with van der Waals surface area (Å²) in [5.74, 6) is 0. The molecule has 0 aliphatic heterocycles. The molecule has 1 rings (SSSR count). The monoisotopic (exact) mass is 177 g/mol. The zero-order chi connectivity index (χ0) is 9.52. The summed E-state index contributed by atoms with van der Waals surface area (Å²) in [5, 5.41) is 11.6. The number of nitriles is 1. The van der Waals surface area contributed by atoms with E-state index >= 15 is 0 Å². The molecule has 4 nitrogen and oxygen atoms in total. The summed E-state index contributed by atoms with van der Waals surface area (Å²) in [5.41, 5.74) is 1.33. The number of aromatic nitrogens is 1. The van der Waals surface area contributed by atoms with E-state index in [2.05, 4.69) is 10.3 Å². The van der Waals surface area contributed by atoms with Crippen LogP contribution in [0.3, 0.4) is 0 Å². The summed E-state index contributed by atoms with van der Waals surface area (Å²) in [7, 11) is 1.65. The van der Waals surface area contributed by atoms with Gasteiger partial charge < -0.3 is 10.1 Å². The molecule has 0 aliphatic carbocycles. The summed E-state index contributed by atoms with van der Waals surface area (Å²) in [6, 6.07) is 5.45. The molecule has 1 aromatic rings. The van der Waals surface area contributed by atoms with E-state index in [1.807, 2.05) is 12.1 Å². The fourth-order valence-electron chi connectivity index (χ4n) is 0.862. The molecule has 0 aliphatic rings. The van der Waals surface area contributed by atoms with Crippen molar-refractivity contribution in [1.29, 1.82) is 5.26 Å². The van der Waals surface area contributed by atoms with Gasteiger partial charge in [-0.15, -0.1) is 0 Å². The zero-order valence-electron chi connectivity index (χ0n) is 7.45. The smallest absolute Gasteiger partial charge is 0.140 e. The van der Waals surface area contributed by atoms with Crippen LogP contribution in [0, 0.1) is 11.3 Å².